The van der Waals surface area contributed by atoms with Crippen LogP contribution in [0.4, 0.5) is 10.2 Å². The van der Waals surface area contributed by atoms with Crippen LogP contribution in [0.3, 0.4) is 0 Å². The molecule has 0 radical (unpaired) electrons. The van der Waals surface area contributed by atoms with E-state index in [4.69, 9.17) is 32.0 Å². The van der Waals surface area contributed by atoms with E-state index in [1.807, 2.05) is 0 Å². The molecule has 1 unspecified atom stereocenters. The summed E-state index contributed by atoms with van der Waals surface area (Å²) in [4.78, 5) is 13.4. The Hall–Kier alpha value is -2.34. The second kappa shape index (κ2) is 8.80. The van der Waals surface area contributed by atoms with Gasteiger partial charge in [0.05, 0.1) is 17.0 Å². The molecule has 1 aromatic carbocycles. The van der Waals surface area contributed by atoms with Gasteiger partial charge in [-0.3, -0.25) is 4.90 Å². The second-order valence-corrected chi connectivity index (χ2v) is 7.92. The molecule has 1 aliphatic rings. The molecule has 0 spiro atoms. The summed E-state index contributed by atoms with van der Waals surface area (Å²) in [5.41, 5.74) is -0.286. The van der Waals surface area contributed by atoms with Crippen molar-refractivity contribution in [1.82, 2.24) is 19.9 Å². The van der Waals surface area contributed by atoms with Gasteiger partial charge in [0.2, 0.25) is 0 Å². The number of nitrogens with one attached hydrogen (secondary N) is 1. The fraction of sp³-hybridized carbons (Fsp3) is 0.429. The molecule has 1 fully saturated rings. The van der Waals surface area contributed by atoms with Crippen LogP contribution in [0.1, 0.15) is 62.3 Å². The van der Waals surface area contributed by atoms with Crippen molar-refractivity contribution < 1.29 is 19.5 Å². The Labute approximate surface area is 199 Å². The zero-order valence-corrected chi connectivity index (χ0v) is 17.0. The molecule has 0 bridgehead atoms. The molecule has 1 N–H and O–H groups in total. The first-order valence-corrected chi connectivity index (χ1v) is 10.0. The molecule has 2 aromatic heterocycles. The number of nitrogens with zero attached hydrogens (tertiary/aromatic N) is 5. The number of likely N-dealkylation sites (tertiary alicyclic amines) is 1. The number of fused-ring (bicyclic) bond motifs is 1. The molecule has 3 heterocycles. The summed E-state index contributed by atoms with van der Waals surface area (Å²) in [6, 6.07) is 2.55. The number of hydrogen-bond donors (Lipinski definition) is 1. The minimum Gasteiger partial charge on any atom is -0.366 e. The lowest BCUT2D eigenvalue weighted by Gasteiger charge is -2.32. The molecule has 9 heteroatoms. The maximum absolute atomic E-state index is 14.0. The van der Waals surface area contributed by atoms with Crippen molar-refractivity contribution in [2.75, 3.05) is 18.4 Å². The number of benzene rings is 1. The van der Waals surface area contributed by atoms with Gasteiger partial charge in [0, 0.05) is 42.5 Å². The molecule has 1 atom stereocenters. The van der Waals surface area contributed by atoms with Gasteiger partial charge in [0.15, 0.2) is 12.9 Å². The van der Waals surface area contributed by atoms with Crippen molar-refractivity contribution in [3.05, 3.63) is 45.4 Å². The summed E-state index contributed by atoms with van der Waals surface area (Å²) >= 11 is 6.39. The van der Waals surface area contributed by atoms with Gasteiger partial charge in [0.25, 0.3) is 0 Å². The van der Waals surface area contributed by atoms with Crippen LogP contribution in [0.15, 0.2) is 18.4 Å². The predicted octanol–water partition coefficient (Wildman–Crippen LogP) is 4.95. The molecule has 0 amide bonds. The lowest BCUT2D eigenvalue weighted by Crippen LogP contribution is -2.38. The molecule has 3 aromatic rings. The maximum atomic E-state index is 14.0. The number of halogens is 2. The van der Waals surface area contributed by atoms with Gasteiger partial charge < -0.3 is 5.31 Å². The number of nitriles is 1. The summed E-state index contributed by atoms with van der Waals surface area (Å²) in [6.07, 6.45) is -0.596. The molecule has 156 valence electrons. The lowest BCUT2D eigenvalue weighted by molar-refractivity contribution is 0.211. The van der Waals surface area contributed by atoms with E-state index in [1.165, 1.54) is 12.1 Å². The normalized spacial score (nSPS) is 24.2. The van der Waals surface area contributed by atoms with Crippen molar-refractivity contribution >= 4 is 39.1 Å². The minimum atomic E-state index is -3.30. The van der Waals surface area contributed by atoms with Crippen LogP contribution < -0.4 is 5.31 Å². The van der Waals surface area contributed by atoms with E-state index in [2.05, 4.69) is 15.0 Å². The molecule has 1 saturated heterocycles. The van der Waals surface area contributed by atoms with Gasteiger partial charge in [-0.2, -0.15) is 5.26 Å². The SMILES string of the molecule is [2H]c1nc(N([2H])C2([2H])CCN(C([2H])c3cc(Cl)c(F)c(C#N)c3)CC2)c2sc(C([2H])(C([2H])([2H])[2H])C([2H])([2H])[2H])nc2n1. The van der Waals surface area contributed by atoms with Crippen LogP contribution in [0.2, 0.25) is 6.43 Å². The first-order valence-electron chi connectivity index (χ1n) is 14.4. The van der Waals surface area contributed by atoms with Crippen LogP contribution in [-0.4, -0.2) is 39.0 Å². The molecular formula is C21H22ClFN6S. The standard InChI is InChI=1S/C21H22ClFN6S/c1-12(2)21-28-20-18(30-21)19(25-11-26-20)27-15-3-5-29(6-4-15)10-13-7-14(9-24)17(23)16(22)8-13/h7-8,11-12,15H,3-6,10H2,1-2H3,(H,25,26,27)/i1D3,2D3,10D,11D,12D,15D/hD. The van der Waals surface area contributed by atoms with Crippen LogP contribution in [0, 0.1) is 17.1 Å². The number of hydrogen-bond acceptors (Lipinski definition) is 7. The summed E-state index contributed by atoms with van der Waals surface area (Å²) < 4.78 is 103. The Kier molecular flexibility index (Phi) is 3.32. The van der Waals surface area contributed by atoms with E-state index in [1.54, 1.807) is 11.0 Å². The highest BCUT2D eigenvalue weighted by Crippen LogP contribution is 2.31. The third kappa shape index (κ3) is 4.38. The molecular weight excluding hydrogens is 423 g/mol. The number of aromatic nitrogens is 3. The Bertz CT molecular complexity index is 1500. The van der Waals surface area contributed by atoms with Gasteiger partial charge in [-0.15, -0.1) is 11.3 Å². The summed E-state index contributed by atoms with van der Waals surface area (Å²) in [7, 11) is 0. The minimum absolute atomic E-state index is 0.00330. The topological polar surface area (TPSA) is 77.7 Å². The number of anilines is 1. The largest absolute Gasteiger partial charge is 0.366 e. The van der Waals surface area contributed by atoms with E-state index in [-0.39, 0.29) is 58.2 Å². The quantitative estimate of drug-likeness (QED) is 0.586. The molecule has 4 rings (SSSR count). The van der Waals surface area contributed by atoms with E-state index in [9.17, 15) is 4.39 Å². The fourth-order valence-electron chi connectivity index (χ4n) is 3.04. The number of thiazole rings is 1. The van der Waals surface area contributed by atoms with Crippen LogP contribution in [-0.2, 0) is 6.52 Å². The highest BCUT2D eigenvalue weighted by molar-refractivity contribution is 7.19. The van der Waals surface area contributed by atoms with Gasteiger partial charge in [-0.05, 0) is 30.5 Å². The number of rotatable bonds is 5. The molecule has 6 nitrogen and oxygen atoms in total. The monoisotopic (exact) mass is 455 g/mol. The zero-order valence-electron chi connectivity index (χ0n) is 26.4. The molecule has 0 saturated carbocycles. The fourth-order valence-corrected chi connectivity index (χ4v) is 4.06. The Morgan fingerprint density at radius 1 is 1.57 bits per heavy atom. The smallest absolute Gasteiger partial charge is 0.175 e. The number of piperidine rings is 1. The van der Waals surface area contributed by atoms with Crippen molar-refractivity contribution in [3.63, 3.8) is 0 Å². The first-order chi connectivity index (χ1) is 18.8. The first kappa shape index (κ1) is 11.3. The van der Waals surface area contributed by atoms with E-state index in [0.717, 1.165) is 5.31 Å². The zero-order chi connectivity index (χ0) is 30.7. The van der Waals surface area contributed by atoms with Crippen molar-refractivity contribution in [3.8, 4) is 6.07 Å². The molecule has 30 heavy (non-hydrogen) atoms. The summed E-state index contributed by atoms with van der Waals surface area (Å²) in [6.45, 7) is -7.38. The third-order valence-corrected chi connectivity index (χ3v) is 5.81. The highest BCUT2D eigenvalue weighted by Gasteiger charge is 2.22. The van der Waals surface area contributed by atoms with Gasteiger partial charge in [-0.1, -0.05) is 25.3 Å². The van der Waals surface area contributed by atoms with Gasteiger partial charge in [0.1, 0.15) is 24.3 Å². The average Bonchev–Trinajstić information content (AvgIpc) is 3.31. The Morgan fingerprint density at radius 2 is 2.37 bits per heavy atom. The summed E-state index contributed by atoms with van der Waals surface area (Å²) in [5.74, 6) is -4.26. The van der Waals surface area contributed by atoms with Gasteiger partial charge >= 0.3 is 0 Å². The van der Waals surface area contributed by atoms with Crippen molar-refractivity contribution in [2.45, 2.75) is 45.0 Å². The lowest BCUT2D eigenvalue weighted by atomic mass is 10.0. The molecule has 1 aliphatic heterocycles. The van der Waals surface area contributed by atoms with Crippen LogP contribution >= 0.6 is 22.9 Å². The Morgan fingerprint density at radius 3 is 3.10 bits per heavy atom. The molecule has 0 aliphatic carbocycles. The second-order valence-electron chi connectivity index (χ2n) is 6.51. The summed E-state index contributed by atoms with van der Waals surface area (Å²) in [5, 5.41) is 8.97. The highest BCUT2D eigenvalue weighted by atomic mass is 35.5. The van der Waals surface area contributed by atoms with E-state index >= 15 is 0 Å². The van der Waals surface area contributed by atoms with E-state index < -0.39 is 49.3 Å². The average molecular weight is 456 g/mol. The van der Waals surface area contributed by atoms with Gasteiger partial charge in [-0.25, -0.2) is 19.3 Å². The van der Waals surface area contributed by atoms with Crippen molar-refractivity contribution in [2.24, 2.45) is 0 Å². The predicted molar refractivity (Wildman–Crippen MR) is 117 cm³/mol. The van der Waals surface area contributed by atoms with E-state index in [0.29, 0.717) is 11.3 Å². The van der Waals surface area contributed by atoms with Crippen LogP contribution in [0.5, 0.6) is 0 Å². The third-order valence-electron chi connectivity index (χ3n) is 4.48. The maximum Gasteiger partial charge on any atom is 0.175 e. The Balaban J connectivity index is 1.64. The van der Waals surface area contributed by atoms with Crippen LogP contribution in [0.25, 0.3) is 10.3 Å². The van der Waals surface area contributed by atoms with Crippen molar-refractivity contribution in [1.29, 1.82) is 5.26 Å².